The molecule has 0 saturated heterocycles. The number of hydrogen-bond acceptors (Lipinski definition) is 0. The fraction of sp³-hybridized carbons (Fsp3) is 0.182. The van der Waals surface area contributed by atoms with Gasteiger partial charge in [0.1, 0.15) is 0 Å². The van der Waals surface area contributed by atoms with Gasteiger partial charge in [-0.1, -0.05) is 84.5 Å². The molecule has 0 bridgehead atoms. The summed E-state index contributed by atoms with van der Waals surface area (Å²) in [7, 11) is 0. The lowest BCUT2D eigenvalue weighted by Crippen LogP contribution is -1.88. The normalized spacial score (nSPS) is 13.2. The van der Waals surface area contributed by atoms with Gasteiger partial charge in [0.15, 0.2) is 0 Å². The largest absolute Gasteiger partial charge is 0.0992 e. The van der Waals surface area contributed by atoms with Crippen molar-refractivity contribution in [2.24, 2.45) is 0 Å². The third kappa shape index (κ3) is 3.46. The number of benzene rings is 2. The zero-order chi connectivity index (χ0) is 15.4. The molecule has 22 heavy (non-hydrogen) atoms. The second kappa shape index (κ2) is 6.62. The Kier molecular flexibility index (Phi) is 4.39. The van der Waals surface area contributed by atoms with Crippen molar-refractivity contribution >= 4 is 5.57 Å². The maximum absolute atomic E-state index is 4.20. The number of allylic oxidation sites excluding steroid dienone is 5. The van der Waals surface area contributed by atoms with E-state index >= 15 is 0 Å². The van der Waals surface area contributed by atoms with E-state index in [0.717, 1.165) is 19.3 Å². The fourth-order valence-electron chi connectivity index (χ4n) is 2.93. The molecule has 1 aliphatic rings. The topological polar surface area (TPSA) is 0 Å². The highest BCUT2D eigenvalue weighted by molar-refractivity contribution is 5.80. The van der Waals surface area contributed by atoms with Crippen LogP contribution in [0, 0.1) is 6.92 Å². The number of fused-ring (bicyclic) bond motifs is 1. The van der Waals surface area contributed by atoms with Crippen molar-refractivity contribution in [1.29, 1.82) is 0 Å². The molecule has 2 aromatic carbocycles. The molecule has 3 rings (SSSR count). The molecular formula is C22H22. The first-order chi connectivity index (χ1) is 10.7. The summed E-state index contributed by atoms with van der Waals surface area (Å²) in [5.74, 6) is 0. The Bertz CT molecular complexity index is 730. The lowest BCUT2D eigenvalue weighted by atomic mass is 10.0. The van der Waals surface area contributed by atoms with Crippen LogP contribution in [0.2, 0.25) is 0 Å². The Balaban J connectivity index is 1.60. The quantitative estimate of drug-likeness (QED) is 0.620. The van der Waals surface area contributed by atoms with E-state index in [2.05, 4.69) is 80.3 Å². The molecule has 2 aromatic rings. The summed E-state index contributed by atoms with van der Waals surface area (Å²) in [5, 5.41) is 0. The molecule has 0 amide bonds. The van der Waals surface area contributed by atoms with Crippen LogP contribution in [0.1, 0.15) is 28.7 Å². The van der Waals surface area contributed by atoms with Crippen molar-refractivity contribution in [1.82, 2.24) is 0 Å². The fourth-order valence-corrected chi connectivity index (χ4v) is 2.93. The molecule has 0 aliphatic heterocycles. The van der Waals surface area contributed by atoms with E-state index in [1.165, 1.54) is 33.4 Å². The molecule has 0 aromatic heterocycles. The van der Waals surface area contributed by atoms with Crippen LogP contribution in [0.3, 0.4) is 0 Å². The molecular weight excluding hydrogens is 264 g/mol. The van der Waals surface area contributed by atoms with Gasteiger partial charge >= 0.3 is 0 Å². The summed E-state index contributed by atoms with van der Waals surface area (Å²) in [4.78, 5) is 0. The van der Waals surface area contributed by atoms with Crippen LogP contribution in [0.15, 0.2) is 78.9 Å². The van der Waals surface area contributed by atoms with E-state index in [0.29, 0.717) is 0 Å². The van der Waals surface area contributed by atoms with E-state index in [1.54, 1.807) is 0 Å². The Morgan fingerprint density at radius 3 is 2.77 bits per heavy atom. The summed E-state index contributed by atoms with van der Waals surface area (Å²) in [6.07, 6.45) is 9.77. The predicted molar refractivity (Wildman–Crippen MR) is 95.9 cm³/mol. The zero-order valence-electron chi connectivity index (χ0n) is 13.2. The number of hydrogen-bond donors (Lipinski definition) is 0. The molecule has 0 heterocycles. The van der Waals surface area contributed by atoms with Gasteiger partial charge in [0.2, 0.25) is 0 Å². The van der Waals surface area contributed by atoms with Gasteiger partial charge in [-0.05, 0) is 48.4 Å². The molecule has 1 aliphatic carbocycles. The Labute approximate surface area is 133 Å². The van der Waals surface area contributed by atoms with Crippen molar-refractivity contribution in [2.45, 2.75) is 26.2 Å². The minimum absolute atomic E-state index is 0.938. The Morgan fingerprint density at radius 1 is 1.14 bits per heavy atom. The van der Waals surface area contributed by atoms with E-state index < -0.39 is 0 Å². The molecule has 0 nitrogen and oxygen atoms in total. The van der Waals surface area contributed by atoms with Crippen LogP contribution in [0.25, 0.3) is 5.57 Å². The maximum atomic E-state index is 4.20. The van der Waals surface area contributed by atoms with Crippen LogP contribution < -0.4 is 0 Å². The van der Waals surface area contributed by atoms with Gasteiger partial charge in [0.25, 0.3) is 0 Å². The molecule has 110 valence electrons. The SMILES string of the molecule is C=C(CC=CC1=CCc2ccc(C)cc21)Cc1ccccc1. The lowest BCUT2D eigenvalue weighted by Gasteiger charge is -2.04. The van der Waals surface area contributed by atoms with Gasteiger partial charge in [-0.3, -0.25) is 0 Å². The van der Waals surface area contributed by atoms with Crippen LogP contribution in [0.4, 0.5) is 0 Å². The molecule has 0 unspecified atom stereocenters. The first kappa shape index (κ1) is 14.6. The van der Waals surface area contributed by atoms with Crippen molar-refractivity contribution in [3.8, 4) is 0 Å². The predicted octanol–water partition coefficient (Wildman–Crippen LogP) is 5.68. The van der Waals surface area contributed by atoms with Crippen LogP contribution >= 0.6 is 0 Å². The van der Waals surface area contributed by atoms with Crippen molar-refractivity contribution in [2.75, 3.05) is 0 Å². The Morgan fingerprint density at radius 2 is 1.95 bits per heavy atom. The lowest BCUT2D eigenvalue weighted by molar-refractivity contribution is 1.08. The Hall–Kier alpha value is -2.34. The highest BCUT2D eigenvalue weighted by Gasteiger charge is 2.11. The third-order valence-corrected chi connectivity index (χ3v) is 4.12. The van der Waals surface area contributed by atoms with Gasteiger partial charge in [-0.15, -0.1) is 0 Å². The minimum Gasteiger partial charge on any atom is -0.0992 e. The minimum atomic E-state index is 0.938. The smallest absolute Gasteiger partial charge is 0.00667 e. The van der Waals surface area contributed by atoms with Crippen molar-refractivity contribution in [3.63, 3.8) is 0 Å². The summed E-state index contributed by atoms with van der Waals surface area (Å²) >= 11 is 0. The molecule has 0 saturated carbocycles. The van der Waals surface area contributed by atoms with E-state index in [-0.39, 0.29) is 0 Å². The zero-order valence-corrected chi connectivity index (χ0v) is 13.2. The van der Waals surface area contributed by atoms with Crippen LogP contribution in [-0.4, -0.2) is 0 Å². The van der Waals surface area contributed by atoms with Gasteiger partial charge < -0.3 is 0 Å². The van der Waals surface area contributed by atoms with Gasteiger partial charge in [-0.25, -0.2) is 0 Å². The first-order valence-electron chi connectivity index (χ1n) is 7.89. The summed E-state index contributed by atoms with van der Waals surface area (Å²) in [5.41, 5.74) is 8.10. The average molecular weight is 286 g/mol. The molecule has 0 fully saturated rings. The van der Waals surface area contributed by atoms with Crippen LogP contribution in [-0.2, 0) is 12.8 Å². The summed E-state index contributed by atoms with van der Waals surface area (Å²) < 4.78 is 0. The van der Waals surface area contributed by atoms with Gasteiger partial charge in [0.05, 0.1) is 0 Å². The molecule has 0 atom stereocenters. The average Bonchev–Trinajstić information content (AvgIpc) is 2.91. The van der Waals surface area contributed by atoms with Gasteiger partial charge in [0, 0.05) is 0 Å². The molecule has 0 radical (unpaired) electrons. The van der Waals surface area contributed by atoms with Crippen molar-refractivity contribution < 1.29 is 0 Å². The van der Waals surface area contributed by atoms with E-state index in [1.807, 2.05) is 0 Å². The molecule has 0 heteroatoms. The standard InChI is InChI=1S/C22H22/c1-17(15-19-8-4-3-5-9-19)7-6-10-20-13-14-21-12-11-18(2)16-22(20)21/h3-6,8-13,16H,1,7,14-15H2,2H3. The second-order valence-electron chi connectivity index (χ2n) is 6.04. The van der Waals surface area contributed by atoms with Crippen molar-refractivity contribution in [3.05, 3.63) is 101 Å². The number of aryl methyl sites for hydroxylation is 1. The monoisotopic (exact) mass is 286 g/mol. The van der Waals surface area contributed by atoms with E-state index in [9.17, 15) is 0 Å². The maximum Gasteiger partial charge on any atom is -0.00667 e. The first-order valence-corrected chi connectivity index (χ1v) is 7.89. The summed E-state index contributed by atoms with van der Waals surface area (Å²) in [6, 6.07) is 17.3. The molecule has 0 N–H and O–H groups in total. The van der Waals surface area contributed by atoms with E-state index in [4.69, 9.17) is 0 Å². The second-order valence-corrected chi connectivity index (χ2v) is 6.04. The van der Waals surface area contributed by atoms with Crippen LogP contribution in [0.5, 0.6) is 0 Å². The summed E-state index contributed by atoms with van der Waals surface area (Å²) in [6.45, 7) is 6.36. The third-order valence-electron chi connectivity index (χ3n) is 4.12. The number of rotatable bonds is 5. The van der Waals surface area contributed by atoms with Gasteiger partial charge in [-0.2, -0.15) is 0 Å². The molecule has 0 spiro atoms. The highest BCUT2D eigenvalue weighted by atomic mass is 14.2. The highest BCUT2D eigenvalue weighted by Crippen LogP contribution is 2.29.